The maximum Gasteiger partial charge on any atom is 0.159 e. The number of unbranched alkanes of at least 4 members (excludes halogenated alkanes) is 3. The molecule has 1 fully saturated rings. The van der Waals surface area contributed by atoms with Crippen LogP contribution in [0.5, 0.6) is 0 Å². The molecule has 0 atom stereocenters. The zero-order chi connectivity index (χ0) is 20.2. The lowest BCUT2D eigenvalue weighted by Crippen LogP contribution is -1.98. The Kier molecular flexibility index (Phi) is 10.3. The van der Waals surface area contributed by atoms with Crippen LogP contribution in [0.15, 0.2) is 36.4 Å². The van der Waals surface area contributed by atoms with Crippen molar-refractivity contribution in [1.82, 2.24) is 0 Å². The lowest BCUT2D eigenvalue weighted by atomic mass is 9.95. The van der Waals surface area contributed by atoms with Gasteiger partial charge in [0.25, 0.3) is 0 Å². The van der Waals surface area contributed by atoms with Crippen LogP contribution in [0.4, 0.5) is 0 Å². The van der Waals surface area contributed by atoms with Crippen LogP contribution in [0, 0.1) is 5.92 Å². The summed E-state index contributed by atoms with van der Waals surface area (Å²) < 4.78 is 5.00. The Morgan fingerprint density at radius 1 is 1.07 bits per heavy atom. The second-order valence-electron chi connectivity index (χ2n) is 8.16. The topological polar surface area (TPSA) is 26.3 Å². The Bertz CT molecular complexity index is 713. The fraction of sp³-hybridized carbons (Fsp3) is 0.577. The Morgan fingerprint density at radius 3 is 2.50 bits per heavy atom. The number of methoxy groups -OCH3 is 1. The normalized spacial score (nSPS) is 14.1. The summed E-state index contributed by atoms with van der Waals surface area (Å²) in [7, 11) is 1.79. The smallest absolute Gasteiger partial charge is 0.159 e. The standard InChI is InChI=1S/C18H22O.C8H16O/c1-3-4-5-6-9-15-12-17(14(2)19)13-16-10-7-8-11-18(15)16;1-9-7-6-8-4-2-3-5-8/h7-8,10-13H,3-6,9H2,1-2H3;8H,2-7H2,1H3. The lowest BCUT2D eigenvalue weighted by molar-refractivity contribution is 0.101. The van der Waals surface area contributed by atoms with Gasteiger partial charge in [0.05, 0.1) is 0 Å². The van der Waals surface area contributed by atoms with Crippen LogP contribution < -0.4 is 0 Å². The molecule has 2 heteroatoms. The van der Waals surface area contributed by atoms with Gasteiger partial charge in [-0.1, -0.05) is 76.1 Å². The average molecular weight is 383 g/mol. The molecular formula is C26H38O2. The summed E-state index contributed by atoms with van der Waals surface area (Å²) in [6, 6.07) is 12.5. The van der Waals surface area contributed by atoms with E-state index in [2.05, 4.69) is 31.2 Å². The van der Waals surface area contributed by atoms with Crippen LogP contribution >= 0.6 is 0 Å². The molecule has 0 unspecified atom stereocenters. The Balaban J connectivity index is 0.000000261. The molecule has 0 heterocycles. The maximum absolute atomic E-state index is 11.6. The van der Waals surface area contributed by atoms with E-state index in [1.807, 2.05) is 12.1 Å². The summed E-state index contributed by atoms with van der Waals surface area (Å²) in [6.45, 7) is 4.83. The zero-order valence-electron chi connectivity index (χ0n) is 18.1. The van der Waals surface area contributed by atoms with E-state index in [1.165, 1.54) is 74.1 Å². The molecule has 154 valence electrons. The van der Waals surface area contributed by atoms with Gasteiger partial charge in [-0.05, 0) is 60.6 Å². The third-order valence-corrected chi connectivity index (χ3v) is 5.86. The van der Waals surface area contributed by atoms with Crippen LogP contribution in [-0.2, 0) is 11.2 Å². The van der Waals surface area contributed by atoms with Gasteiger partial charge < -0.3 is 4.74 Å². The van der Waals surface area contributed by atoms with Gasteiger partial charge in [0, 0.05) is 19.3 Å². The number of fused-ring (bicyclic) bond motifs is 1. The number of hydrogen-bond donors (Lipinski definition) is 0. The molecular weight excluding hydrogens is 344 g/mol. The van der Waals surface area contributed by atoms with Crippen LogP contribution in [0.25, 0.3) is 10.8 Å². The fourth-order valence-corrected chi connectivity index (χ4v) is 4.13. The Morgan fingerprint density at radius 2 is 1.82 bits per heavy atom. The van der Waals surface area contributed by atoms with Crippen molar-refractivity contribution in [2.24, 2.45) is 5.92 Å². The highest BCUT2D eigenvalue weighted by Gasteiger charge is 2.13. The van der Waals surface area contributed by atoms with Crippen molar-refractivity contribution in [1.29, 1.82) is 0 Å². The highest BCUT2D eigenvalue weighted by atomic mass is 16.5. The van der Waals surface area contributed by atoms with Gasteiger partial charge in [-0.3, -0.25) is 4.79 Å². The van der Waals surface area contributed by atoms with Crippen LogP contribution in [-0.4, -0.2) is 19.5 Å². The molecule has 1 aliphatic carbocycles. The number of rotatable bonds is 9. The van der Waals surface area contributed by atoms with E-state index in [0.717, 1.165) is 24.5 Å². The van der Waals surface area contributed by atoms with Gasteiger partial charge >= 0.3 is 0 Å². The van der Waals surface area contributed by atoms with E-state index in [1.54, 1.807) is 14.0 Å². The van der Waals surface area contributed by atoms with E-state index in [9.17, 15) is 4.79 Å². The summed E-state index contributed by atoms with van der Waals surface area (Å²) in [5.74, 6) is 1.14. The van der Waals surface area contributed by atoms with Gasteiger partial charge in [-0.2, -0.15) is 0 Å². The first-order valence-electron chi connectivity index (χ1n) is 11.2. The molecule has 0 radical (unpaired) electrons. The Hall–Kier alpha value is -1.67. The average Bonchev–Trinajstić information content (AvgIpc) is 3.23. The minimum atomic E-state index is 0.153. The number of aryl methyl sites for hydroxylation is 1. The minimum absolute atomic E-state index is 0.153. The van der Waals surface area contributed by atoms with E-state index in [4.69, 9.17) is 4.74 Å². The molecule has 0 aromatic heterocycles. The van der Waals surface area contributed by atoms with Gasteiger partial charge in [-0.25, -0.2) is 0 Å². The summed E-state index contributed by atoms with van der Waals surface area (Å²) in [4.78, 5) is 11.6. The molecule has 1 saturated carbocycles. The van der Waals surface area contributed by atoms with Gasteiger partial charge in [0.1, 0.15) is 0 Å². The number of hydrogen-bond acceptors (Lipinski definition) is 2. The lowest BCUT2D eigenvalue weighted by Gasteiger charge is -2.09. The van der Waals surface area contributed by atoms with Crippen LogP contribution in [0.1, 0.15) is 87.6 Å². The molecule has 2 aromatic carbocycles. The van der Waals surface area contributed by atoms with Crippen LogP contribution in [0.3, 0.4) is 0 Å². The predicted octanol–water partition coefficient (Wildman–Crippen LogP) is 7.38. The number of ketones is 1. The highest BCUT2D eigenvalue weighted by Crippen LogP contribution is 2.27. The molecule has 0 amide bonds. The van der Waals surface area contributed by atoms with Crippen LogP contribution in [0.2, 0.25) is 0 Å². The number of carbonyl (C=O) groups excluding carboxylic acids is 1. The molecule has 0 aliphatic heterocycles. The highest BCUT2D eigenvalue weighted by molar-refractivity contribution is 5.99. The quantitative estimate of drug-likeness (QED) is 0.334. The predicted molar refractivity (Wildman–Crippen MR) is 120 cm³/mol. The van der Waals surface area contributed by atoms with Crippen molar-refractivity contribution in [3.63, 3.8) is 0 Å². The molecule has 3 rings (SSSR count). The second kappa shape index (κ2) is 12.7. The largest absolute Gasteiger partial charge is 0.385 e. The SMILES string of the molecule is CCCCCCc1cc(C(C)=O)cc2ccccc12.COCCC1CCCC1. The molecule has 1 aliphatic rings. The van der Waals surface area contributed by atoms with E-state index in [-0.39, 0.29) is 5.78 Å². The first-order chi connectivity index (χ1) is 13.7. The molecule has 2 nitrogen and oxygen atoms in total. The first kappa shape index (κ1) is 22.6. The second-order valence-corrected chi connectivity index (χ2v) is 8.16. The van der Waals surface area contributed by atoms with Crippen molar-refractivity contribution in [2.75, 3.05) is 13.7 Å². The van der Waals surface area contributed by atoms with Crippen molar-refractivity contribution in [3.8, 4) is 0 Å². The number of Topliss-reactive ketones (excluding diaryl/α,β-unsaturated/α-hetero) is 1. The van der Waals surface area contributed by atoms with Gasteiger partial charge in [0.2, 0.25) is 0 Å². The molecule has 2 aromatic rings. The number of carbonyl (C=O) groups is 1. The summed E-state index contributed by atoms with van der Waals surface area (Å²) in [5.41, 5.74) is 2.16. The van der Waals surface area contributed by atoms with Crippen molar-refractivity contribution < 1.29 is 9.53 Å². The van der Waals surface area contributed by atoms with E-state index in [0.29, 0.717) is 0 Å². The van der Waals surface area contributed by atoms with Crippen molar-refractivity contribution in [3.05, 3.63) is 47.5 Å². The van der Waals surface area contributed by atoms with Gasteiger partial charge in [-0.15, -0.1) is 0 Å². The monoisotopic (exact) mass is 382 g/mol. The zero-order valence-corrected chi connectivity index (χ0v) is 18.1. The number of ether oxygens (including phenoxy) is 1. The molecule has 0 bridgehead atoms. The van der Waals surface area contributed by atoms with E-state index < -0.39 is 0 Å². The summed E-state index contributed by atoms with van der Waals surface area (Å²) in [5, 5.41) is 2.48. The number of benzene rings is 2. The molecule has 28 heavy (non-hydrogen) atoms. The Labute approximate surface area is 171 Å². The third kappa shape index (κ3) is 7.39. The molecule has 0 saturated heterocycles. The maximum atomic E-state index is 11.6. The third-order valence-electron chi connectivity index (χ3n) is 5.86. The minimum Gasteiger partial charge on any atom is -0.385 e. The summed E-state index contributed by atoms with van der Waals surface area (Å²) in [6.07, 6.45) is 13.2. The van der Waals surface area contributed by atoms with Crippen molar-refractivity contribution >= 4 is 16.6 Å². The van der Waals surface area contributed by atoms with Gasteiger partial charge in [0.15, 0.2) is 5.78 Å². The summed E-state index contributed by atoms with van der Waals surface area (Å²) >= 11 is 0. The first-order valence-corrected chi connectivity index (χ1v) is 11.2. The van der Waals surface area contributed by atoms with E-state index >= 15 is 0 Å². The molecule has 0 N–H and O–H groups in total. The van der Waals surface area contributed by atoms with Crippen molar-refractivity contribution in [2.45, 2.75) is 78.1 Å². The fourth-order valence-electron chi connectivity index (χ4n) is 4.13. The molecule has 0 spiro atoms.